The third-order valence-electron chi connectivity index (χ3n) is 4.21. The van der Waals surface area contributed by atoms with Gasteiger partial charge < -0.3 is 10.2 Å². The topological polar surface area (TPSA) is 15.3 Å². The number of piperidine rings is 1. The molecule has 1 atom stereocenters. The molecule has 1 unspecified atom stereocenters. The lowest BCUT2D eigenvalue weighted by molar-refractivity contribution is 0.181. The Labute approximate surface area is 118 Å². The van der Waals surface area contributed by atoms with Gasteiger partial charge in [0.1, 0.15) is 0 Å². The van der Waals surface area contributed by atoms with E-state index in [4.69, 9.17) is 0 Å². The predicted octanol–water partition coefficient (Wildman–Crippen LogP) is 3.08. The number of nitrogens with zero attached hydrogens (tertiary/aromatic N) is 1. The normalized spacial score (nSPS) is 20.6. The largest absolute Gasteiger partial charge is 0.315 e. The van der Waals surface area contributed by atoms with Crippen LogP contribution in [0.2, 0.25) is 0 Å². The molecule has 0 saturated carbocycles. The van der Waals surface area contributed by atoms with Crippen LogP contribution in [0.15, 0.2) is 30.3 Å². The average molecular weight is 260 g/mol. The summed E-state index contributed by atoms with van der Waals surface area (Å²) in [5.41, 5.74) is 1.47. The zero-order valence-electron chi connectivity index (χ0n) is 12.3. The zero-order chi connectivity index (χ0) is 13.3. The van der Waals surface area contributed by atoms with Crippen molar-refractivity contribution in [3.63, 3.8) is 0 Å². The third-order valence-corrected chi connectivity index (χ3v) is 4.21. The molecule has 1 fully saturated rings. The lowest BCUT2D eigenvalue weighted by Gasteiger charge is -2.32. The number of benzene rings is 1. The second-order valence-electron chi connectivity index (χ2n) is 5.78. The molecule has 1 saturated heterocycles. The van der Waals surface area contributed by atoms with E-state index in [2.05, 4.69) is 47.6 Å². The fraction of sp³-hybridized carbons (Fsp3) is 0.647. The number of hydrogen-bond acceptors (Lipinski definition) is 2. The van der Waals surface area contributed by atoms with Gasteiger partial charge in [-0.3, -0.25) is 0 Å². The van der Waals surface area contributed by atoms with Crippen molar-refractivity contribution in [2.75, 3.05) is 26.7 Å². The summed E-state index contributed by atoms with van der Waals surface area (Å²) in [5.74, 6) is 0. The fourth-order valence-electron chi connectivity index (χ4n) is 2.89. The van der Waals surface area contributed by atoms with Gasteiger partial charge in [0.15, 0.2) is 0 Å². The molecule has 0 amide bonds. The van der Waals surface area contributed by atoms with Gasteiger partial charge in [0.05, 0.1) is 0 Å². The van der Waals surface area contributed by atoms with Gasteiger partial charge in [0.25, 0.3) is 0 Å². The van der Waals surface area contributed by atoms with Gasteiger partial charge in [-0.05, 0) is 57.8 Å². The smallest absolute Gasteiger partial charge is 0.0217 e. The van der Waals surface area contributed by atoms with Crippen molar-refractivity contribution < 1.29 is 0 Å². The van der Waals surface area contributed by atoms with Crippen LogP contribution in [-0.4, -0.2) is 37.6 Å². The van der Waals surface area contributed by atoms with Crippen LogP contribution in [0.25, 0.3) is 0 Å². The summed E-state index contributed by atoms with van der Waals surface area (Å²) >= 11 is 0. The molecule has 0 radical (unpaired) electrons. The molecule has 1 heterocycles. The maximum atomic E-state index is 3.63. The summed E-state index contributed by atoms with van der Waals surface area (Å²) in [5, 5.41) is 3.63. The SMILES string of the molecule is CN1CCCCC1CNCCCCc1ccccc1. The van der Waals surface area contributed by atoms with E-state index in [1.54, 1.807) is 0 Å². The number of likely N-dealkylation sites (N-methyl/N-ethyl adjacent to an activating group) is 1. The molecule has 19 heavy (non-hydrogen) atoms. The Morgan fingerprint density at radius 1 is 1.16 bits per heavy atom. The molecular formula is C17H28N2. The predicted molar refractivity (Wildman–Crippen MR) is 82.5 cm³/mol. The molecule has 1 aromatic carbocycles. The summed E-state index contributed by atoms with van der Waals surface area (Å²) in [4.78, 5) is 2.51. The Hall–Kier alpha value is -0.860. The molecule has 2 rings (SSSR count). The van der Waals surface area contributed by atoms with E-state index in [-0.39, 0.29) is 0 Å². The van der Waals surface area contributed by atoms with Crippen LogP contribution >= 0.6 is 0 Å². The summed E-state index contributed by atoms with van der Waals surface area (Å²) in [6.07, 6.45) is 7.94. The fourth-order valence-corrected chi connectivity index (χ4v) is 2.89. The lowest BCUT2D eigenvalue weighted by Crippen LogP contribution is -2.43. The first-order valence-electron chi connectivity index (χ1n) is 7.81. The Morgan fingerprint density at radius 3 is 2.79 bits per heavy atom. The van der Waals surface area contributed by atoms with Crippen LogP contribution in [0.3, 0.4) is 0 Å². The first-order valence-corrected chi connectivity index (χ1v) is 7.81. The van der Waals surface area contributed by atoms with Gasteiger partial charge in [-0.1, -0.05) is 36.8 Å². The maximum Gasteiger partial charge on any atom is 0.0217 e. The summed E-state index contributed by atoms with van der Waals surface area (Å²) in [6.45, 7) is 3.61. The molecule has 2 heteroatoms. The van der Waals surface area contributed by atoms with E-state index in [1.807, 2.05) is 0 Å². The van der Waals surface area contributed by atoms with Crippen molar-refractivity contribution in [2.24, 2.45) is 0 Å². The Balaban J connectivity index is 1.50. The lowest BCUT2D eigenvalue weighted by atomic mass is 10.0. The minimum atomic E-state index is 0.767. The minimum absolute atomic E-state index is 0.767. The minimum Gasteiger partial charge on any atom is -0.315 e. The maximum absolute atomic E-state index is 3.63. The van der Waals surface area contributed by atoms with E-state index in [0.29, 0.717) is 0 Å². The Bertz CT molecular complexity index is 336. The highest BCUT2D eigenvalue weighted by molar-refractivity contribution is 5.14. The zero-order valence-corrected chi connectivity index (χ0v) is 12.3. The number of rotatable bonds is 7. The van der Waals surface area contributed by atoms with Gasteiger partial charge in [-0.25, -0.2) is 0 Å². The van der Waals surface area contributed by atoms with Crippen LogP contribution in [0.5, 0.6) is 0 Å². The van der Waals surface area contributed by atoms with Crippen molar-refractivity contribution in [1.82, 2.24) is 10.2 Å². The van der Waals surface area contributed by atoms with Crippen molar-refractivity contribution in [1.29, 1.82) is 0 Å². The van der Waals surface area contributed by atoms with Crippen molar-refractivity contribution in [3.8, 4) is 0 Å². The van der Waals surface area contributed by atoms with Crippen LogP contribution in [0.4, 0.5) is 0 Å². The van der Waals surface area contributed by atoms with Crippen molar-refractivity contribution in [2.45, 2.75) is 44.6 Å². The number of hydrogen-bond donors (Lipinski definition) is 1. The Kier molecular flexibility index (Phi) is 6.38. The molecule has 0 spiro atoms. The second-order valence-corrected chi connectivity index (χ2v) is 5.78. The monoisotopic (exact) mass is 260 g/mol. The van der Waals surface area contributed by atoms with E-state index in [9.17, 15) is 0 Å². The molecule has 1 aromatic rings. The standard InChI is InChI=1S/C17H28N2/c1-19-14-8-6-12-17(19)15-18-13-7-5-11-16-9-3-2-4-10-16/h2-4,9-10,17-18H,5-8,11-15H2,1H3. The van der Waals surface area contributed by atoms with Crippen molar-refractivity contribution in [3.05, 3.63) is 35.9 Å². The number of nitrogens with one attached hydrogen (secondary N) is 1. The van der Waals surface area contributed by atoms with Gasteiger partial charge in [-0.15, -0.1) is 0 Å². The summed E-state index contributed by atoms with van der Waals surface area (Å²) < 4.78 is 0. The second kappa shape index (κ2) is 8.34. The number of aryl methyl sites for hydroxylation is 1. The number of unbranched alkanes of at least 4 members (excludes halogenated alkanes) is 1. The highest BCUT2D eigenvalue weighted by atomic mass is 15.2. The van der Waals surface area contributed by atoms with Crippen molar-refractivity contribution >= 4 is 0 Å². The molecule has 1 aliphatic rings. The van der Waals surface area contributed by atoms with Gasteiger partial charge >= 0.3 is 0 Å². The van der Waals surface area contributed by atoms with E-state index >= 15 is 0 Å². The van der Waals surface area contributed by atoms with Gasteiger partial charge in [0.2, 0.25) is 0 Å². The van der Waals surface area contributed by atoms with Crippen LogP contribution < -0.4 is 5.32 Å². The molecule has 106 valence electrons. The molecule has 1 N–H and O–H groups in total. The first-order chi connectivity index (χ1) is 9.36. The number of likely N-dealkylation sites (tertiary alicyclic amines) is 1. The van der Waals surface area contributed by atoms with E-state index in [0.717, 1.165) is 12.6 Å². The highest BCUT2D eigenvalue weighted by Crippen LogP contribution is 2.13. The molecule has 0 bridgehead atoms. The first kappa shape index (κ1) is 14.5. The molecule has 0 aliphatic carbocycles. The summed E-state index contributed by atoms with van der Waals surface area (Å²) in [7, 11) is 2.26. The molecule has 0 aromatic heterocycles. The quantitative estimate of drug-likeness (QED) is 0.758. The van der Waals surface area contributed by atoms with E-state index < -0.39 is 0 Å². The van der Waals surface area contributed by atoms with Crippen LogP contribution in [0.1, 0.15) is 37.7 Å². The molecule has 1 aliphatic heterocycles. The van der Waals surface area contributed by atoms with Crippen LogP contribution in [0, 0.1) is 0 Å². The van der Waals surface area contributed by atoms with E-state index in [1.165, 1.54) is 57.2 Å². The molecule has 2 nitrogen and oxygen atoms in total. The highest BCUT2D eigenvalue weighted by Gasteiger charge is 2.17. The van der Waals surface area contributed by atoms with Gasteiger partial charge in [0, 0.05) is 12.6 Å². The third kappa shape index (κ3) is 5.33. The average Bonchev–Trinajstić information content (AvgIpc) is 2.45. The Morgan fingerprint density at radius 2 is 2.00 bits per heavy atom. The van der Waals surface area contributed by atoms with Crippen LogP contribution in [-0.2, 0) is 6.42 Å². The summed E-state index contributed by atoms with van der Waals surface area (Å²) in [6, 6.07) is 11.6. The van der Waals surface area contributed by atoms with Gasteiger partial charge in [-0.2, -0.15) is 0 Å². The molecular weight excluding hydrogens is 232 g/mol.